The second-order valence-corrected chi connectivity index (χ2v) is 6.96. The fourth-order valence-corrected chi connectivity index (χ4v) is 2.18. The van der Waals surface area contributed by atoms with E-state index in [-0.39, 0.29) is 5.75 Å². The zero-order valence-corrected chi connectivity index (χ0v) is 11.8. The highest BCUT2D eigenvalue weighted by Gasteiger charge is 2.08. The molecule has 0 aromatic heterocycles. The van der Waals surface area contributed by atoms with E-state index in [1.54, 1.807) is 0 Å². The van der Waals surface area contributed by atoms with Crippen LogP contribution in [0.4, 0.5) is 0 Å². The third-order valence-electron chi connectivity index (χ3n) is 2.39. The topological polar surface area (TPSA) is 49.4 Å². The molecule has 0 fully saturated rings. The molecule has 0 amide bonds. The van der Waals surface area contributed by atoms with Gasteiger partial charge in [0.15, 0.2) is 0 Å². The number of rotatable bonds is 9. The van der Waals surface area contributed by atoms with Crippen molar-refractivity contribution in [2.45, 2.75) is 20.3 Å². The lowest BCUT2D eigenvalue weighted by Gasteiger charge is -2.21. The molecule has 4 nitrogen and oxygen atoms in total. The minimum absolute atomic E-state index is 0.249. The van der Waals surface area contributed by atoms with E-state index in [1.807, 2.05) is 7.05 Å². The summed E-state index contributed by atoms with van der Waals surface area (Å²) >= 11 is 0. The van der Waals surface area contributed by atoms with Crippen LogP contribution in [0.1, 0.15) is 20.3 Å². The summed E-state index contributed by atoms with van der Waals surface area (Å²) in [6.45, 7) is 7.94. The second-order valence-electron chi connectivity index (χ2n) is 4.70. The lowest BCUT2D eigenvalue weighted by molar-refractivity contribution is 0.294. The fourth-order valence-electron chi connectivity index (χ4n) is 1.53. The van der Waals surface area contributed by atoms with Crippen molar-refractivity contribution in [3.8, 4) is 0 Å². The van der Waals surface area contributed by atoms with Gasteiger partial charge in [-0.3, -0.25) is 0 Å². The molecule has 5 heteroatoms. The highest BCUT2D eigenvalue weighted by Crippen LogP contribution is 1.97. The van der Waals surface area contributed by atoms with Crippen LogP contribution in [0.25, 0.3) is 0 Å². The molecule has 0 aliphatic carbocycles. The van der Waals surface area contributed by atoms with Crippen LogP contribution in [0.15, 0.2) is 0 Å². The third-order valence-corrected chi connectivity index (χ3v) is 3.31. The fraction of sp³-hybridized carbons (Fsp3) is 1.00. The molecule has 0 aliphatic heterocycles. The van der Waals surface area contributed by atoms with E-state index in [0.29, 0.717) is 12.5 Å². The van der Waals surface area contributed by atoms with E-state index in [4.69, 9.17) is 0 Å². The van der Waals surface area contributed by atoms with Gasteiger partial charge in [0.25, 0.3) is 0 Å². The minimum atomic E-state index is -2.83. The van der Waals surface area contributed by atoms with Gasteiger partial charge in [-0.05, 0) is 32.5 Å². The van der Waals surface area contributed by atoms with Gasteiger partial charge in [0.05, 0.1) is 5.75 Å². The smallest absolute Gasteiger partial charge is 0.148 e. The summed E-state index contributed by atoms with van der Waals surface area (Å²) in [7, 11) is -0.859. The standard InChI is InChI=1S/C11H26N2O2S/c1-5-6-12-9-11(2)10-13(3)7-8-16(4,14)15/h11-12H,5-10H2,1-4H3. The molecule has 98 valence electrons. The van der Waals surface area contributed by atoms with Crippen LogP contribution < -0.4 is 5.32 Å². The molecule has 0 bridgehead atoms. The Morgan fingerprint density at radius 1 is 1.38 bits per heavy atom. The molecule has 0 aromatic rings. The molecule has 0 aromatic carbocycles. The van der Waals surface area contributed by atoms with Gasteiger partial charge in [0, 0.05) is 19.3 Å². The van der Waals surface area contributed by atoms with E-state index in [0.717, 1.165) is 26.1 Å². The Morgan fingerprint density at radius 2 is 2.00 bits per heavy atom. The molecular formula is C11H26N2O2S. The van der Waals surface area contributed by atoms with Gasteiger partial charge in [0.1, 0.15) is 9.84 Å². The van der Waals surface area contributed by atoms with Crippen molar-refractivity contribution in [2.75, 3.05) is 45.2 Å². The average Bonchev–Trinajstić information content (AvgIpc) is 2.14. The highest BCUT2D eigenvalue weighted by atomic mass is 32.2. The van der Waals surface area contributed by atoms with Gasteiger partial charge in [-0.15, -0.1) is 0 Å². The maximum atomic E-state index is 11.0. The quantitative estimate of drug-likeness (QED) is 0.609. The molecule has 0 heterocycles. The lowest BCUT2D eigenvalue weighted by atomic mass is 10.1. The number of hydrogen-bond donors (Lipinski definition) is 1. The van der Waals surface area contributed by atoms with Gasteiger partial charge in [-0.25, -0.2) is 8.42 Å². The summed E-state index contributed by atoms with van der Waals surface area (Å²) in [6, 6.07) is 0. The number of hydrogen-bond acceptors (Lipinski definition) is 4. The Labute approximate surface area is 100 Å². The Kier molecular flexibility index (Phi) is 7.97. The molecule has 1 atom stereocenters. The van der Waals surface area contributed by atoms with Crippen molar-refractivity contribution in [1.29, 1.82) is 0 Å². The van der Waals surface area contributed by atoms with Crippen molar-refractivity contribution in [2.24, 2.45) is 5.92 Å². The van der Waals surface area contributed by atoms with Crippen LogP contribution in [0.3, 0.4) is 0 Å². The van der Waals surface area contributed by atoms with Gasteiger partial charge < -0.3 is 10.2 Å². The summed E-state index contributed by atoms with van der Waals surface area (Å²) in [4.78, 5) is 2.08. The first kappa shape index (κ1) is 15.9. The molecule has 16 heavy (non-hydrogen) atoms. The predicted octanol–water partition coefficient (Wildman–Crippen LogP) is 0.599. The first-order chi connectivity index (χ1) is 7.35. The Bertz CT molecular complexity index is 265. The van der Waals surface area contributed by atoms with Crippen LogP contribution in [0, 0.1) is 5.92 Å². The van der Waals surface area contributed by atoms with Crippen LogP contribution >= 0.6 is 0 Å². The Hall–Kier alpha value is -0.130. The second kappa shape index (κ2) is 8.03. The molecule has 1 unspecified atom stereocenters. The third kappa shape index (κ3) is 10.4. The maximum absolute atomic E-state index is 11.0. The average molecular weight is 250 g/mol. The van der Waals surface area contributed by atoms with Crippen molar-refractivity contribution in [1.82, 2.24) is 10.2 Å². The van der Waals surface area contributed by atoms with E-state index >= 15 is 0 Å². The largest absolute Gasteiger partial charge is 0.316 e. The molecule has 1 N–H and O–H groups in total. The van der Waals surface area contributed by atoms with Crippen LogP contribution in [0.2, 0.25) is 0 Å². The Balaban J connectivity index is 3.65. The number of sulfone groups is 1. The molecule has 0 rings (SSSR count). The minimum Gasteiger partial charge on any atom is -0.316 e. The van der Waals surface area contributed by atoms with Crippen LogP contribution in [-0.2, 0) is 9.84 Å². The lowest BCUT2D eigenvalue weighted by Crippen LogP contribution is -2.33. The van der Waals surface area contributed by atoms with E-state index in [1.165, 1.54) is 6.26 Å². The number of nitrogens with zero attached hydrogens (tertiary/aromatic N) is 1. The normalized spacial score (nSPS) is 14.3. The summed E-state index contributed by atoms with van der Waals surface area (Å²) < 4.78 is 22.0. The summed E-state index contributed by atoms with van der Waals surface area (Å²) in [6.07, 6.45) is 2.43. The summed E-state index contributed by atoms with van der Waals surface area (Å²) in [5, 5.41) is 3.37. The first-order valence-corrected chi connectivity index (χ1v) is 7.98. The Morgan fingerprint density at radius 3 is 2.50 bits per heavy atom. The zero-order chi connectivity index (χ0) is 12.6. The SMILES string of the molecule is CCCNCC(C)CN(C)CCS(C)(=O)=O. The monoisotopic (exact) mass is 250 g/mol. The van der Waals surface area contributed by atoms with E-state index in [2.05, 4.69) is 24.1 Å². The van der Waals surface area contributed by atoms with Gasteiger partial charge in [-0.2, -0.15) is 0 Å². The molecular weight excluding hydrogens is 224 g/mol. The van der Waals surface area contributed by atoms with Crippen molar-refractivity contribution < 1.29 is 8.42 Å². The molecule has 0 saturated carbocycles. The van der Waals surface area contributed by atoms with Crippen molar-refractivity contribution >= 4 is 9.84 Å². The van der Waals surface area contributed by atoms with Crippen molar-refractivity contribution in [3.63, 3.8) is 0 Å². The maximum Gasteiger partial charge on any atom is 0.148 e. The first-order valence-electron chi connectivity index (χ1n) is 5.92. The van der Waals surface area contributed by atoms with Gasteiger partial charge in [-0.1, -0.05) is 13.8 Å². The van der Waals surface area contributed by atoms with Crippen LogP contribution in [0.5, 0.6) is 0 Å². The van der Waals surface area contributed by atoms with E-state index < -0.39 is 9.84 Å². The summed E-state index contributed by atoms with van der Waals surface area (Å²) in [5.74, 6) is 0.801. The van der Waals surface area contributed by atoms with Gasteiger partial charge in [0.2, 0.25) is 0 Å². The highest BCUT2D eigenvalue weighted by molar-refractivity contribution is 7.90. The molecule has 0 spiro atoms. The van der Waals surface area contributed by atoms with Crippen molar-refractivity contribution in [3.05, 3.63) is 0 Å². The van der Waals surface area contributed by atoms with E-state index in [9.17, 15) is 8.42 Å². The molecule has 0 aliphatic rings. The summed E-state index contributed by atoms with van der Waals surface area (Å²) in [5.41, 5.74) is 0. The predicted molar refractivity (Wildman–Crippen MR) is 69.5 cm³/mol. The molecule has 0 radical (unpaired) electrons. The van der Waals surface area contributed by atoms with Crippen LogP contribution in [-0.4, -0.2) is 58.6 Å². The molecule has 0 saturated heterocycles. The number of nitrogens with one attached hydrogen (secondary N) is 1. The zero-order valence-electron chi connectivity index (χ0n) is 11.0. The van der Waals surface area contributed by atoms with Gasteiger partial charge >= 0.3 is 0 Å².